The van der Waals surface area contributed by atoms with Crippen LogP contribution in [-0.2, 0) is 28.8 Å². The number of nitrogens with one attached hydrogen (secondary N) is 4. The molecule has 0 aromatic heterocycles. The molecule has 2 aromatic rings. The summed E-state index contributed by atoms with van der Waals surface area (Å²) < 4.78 is 0. The van der Waals surface area contributed by atoms with Crippen molar-refractivity contribution >= 4 is 47.2 Å². The molecular weight excluding hydrogens is 636 g/mol. The SMILES string of the molecule is CC(CNc1ccccc1)NN.CC(CNc1ccccc1)NN.O=C(O)/C=C\C(=O)O.O=C(O)/C=C\C(=O)O.O=C(O)/C=C\C(=O)O. The van der Waals surface area contributed by atoms with Crippen molar-refractivity contribution in [3.8, 4) is 0 Å². The number of benzene rings is 2. The number of anilines is 2. The van der Waals surface area contributed by atoms with Crippen LogP contribution >= 0.6 is 0 Å². The smallest absolute Gasteiger partial charge is 0.328 e. The largest absolute Gasteiger partial charge is 0.478 e. The summed E-state index contributed by atoms with van der Waals surface area (Å²) in [6.07, 6.45) is 3.35. The fourth-order valence-electron chi connectivity index (χ4n) is 2.20. The van der Waals surface area contributed by atoms with E-state index in [1.807, 2.05) is 74.5 Å². The van der Waals surface area contributed by atoms with Crippen molar-refractivity contribution in [2.45, 2.75) is 25.9 Å². The summed E-state index contributed by atoms with van der Waals surface area (Å²) in [4.78, 5) is 57.3. The highest BCUT2D eigenvalue weighted by Crippen LogP contribution is 2.04. The molecule has 2 unspecified atom stereocenters. The summed E-state index contributed by atoms with van der Waals surface area (Å²) in [7, 11) is 0. The monoisotopic (exact) mass is 678 g/mol. The van der Waals surface area contributed by atoms with Crippen LogP contribution in [0.1, 0.15) is 13.8 Å². The van der Waals surface area contributed by atoms with E-state index >= 15 is 0 Å². The second-order valence-electron chi connectivity index (χ2n) is 8.66. The Labute approximate surface area is 276 Å². The van der Waals surface area contributed by atoms with E-state index in [0.717, 1.165) is 24.5 Å². The van der Waals surface area contributed by atoms with Crippen LogP contribution in [0.2, 0.25) is 0 Å². The van der Waals surface area contributed by atoms with Crippen molar-refractivity contribution in [3.05, 3.63) is 97.1 Å². The molecule has 0 saturated heterocycles. The number of hydrogen-bond acceptors (Lipinski definition) is 12. The summed E-state index contributed by atoms with van der Waals surface area (Å²) in [5, 5.41) is 53.4. The van der Waals surface area contributed by atoms with Gasteiger partial charge in [0.1, 0.15) is 0 Å². The van der Waals surface area contributed by atoms with E-state index < -0.39 is 35.8 Å². The average molecular weight is 679 g/mol. The molecule has 0 bridgehead atoms. The summed E-state index contributed by atoms with van der Waals surface area (Å²) in [6.45, 7) is 5.72. The lowest BCUT2D eigenvalue weighted by Gasteiger charge is -2.11. The Hall–Kier alpha value is -6.08. The van der Waals surface area contributed by atoms with E-state index in [1.165, 1.54) is 0 Å². The van der Waals surface area contributed by atoms with Crippen molar-refractivity contribution in [2.75, 3.05) is 23.7 Å². The summed E-state index contributed by atoms with van der Waals surface area (Å²) in [5.74, 6) is 2.95. The molecule has 0 saturated carbocycles. The van der Waals surface area contributed by atoms with E-state index in [4.69, 9.17) is 42.3 Å². The Balaban J connectivity index is -0.000000536. The molecule has 2 rings (SSSR count). The molecule has 0 heterocycles. The topological polar surface area (TPSA) is 324 Å². The molecule has 0 spiro atoms. The molecule has 18 nitrogen and oxygen atoms in total. The van der Waals surface area contributed by atoms with Crippen molar-refractivity contribution in [2.24, 2.45) is 11.7 Å². The first-order valence-corrected chi connectivity index (χ1v) is 13.5. The highest BCUT2D eigenvalue weighted by Gasteiger charge is 1.97. The van der Waals surface area contributed by atoms with Gasteiger partial charge in [0, 0.05) is 73.0 Å². The highest BCUT2D eigenvalue weighted by molar-refractivity contribution is 5.90. The van der Waals surface area contributed by atoms with Crippen molar-refractivity contribution in [3.63, 3.8) is 0 Å². The lowest BCUT2D eigenvalue weighted by atomic mass is 10.3. The molecule has 264 valence electrons. The molecule has 0 fully saturated rings. The molecule has 0 aliphatic heterocycles. The predicted octanol–water partition coefficient (Wildman–Crippen LogP) is 1.04. The Morgan fingerprint density at radius 1 is 0.500 bits per heavy atom. The fraction of sp³-hybridized carbons (Fsp3) is 0.200. The molecule has 0 aliphatic carbocycles. The molecule has 48 heavy (non-hydrogen) atoms. The van der Waals surface area contributed by atoms with Gasteiger partial charge in [-0.3, -0.25) is 22.5 Å². The van der Waals surface area contributed by atoms with E-state index in [1.54, 1.807) is 0 Å². The third kappa shape index (κ3) is 39.9. The van der Waals surface area contributed by atoms with Crippen LogP contribution in [0.5, 0.6) is 0 Å². The summed E-state index contributed by atoms with van der Waals surface area (Å²) >= 11 is 0. The number of carboxylic acids is 6. The third-order valence-electron chi connectivity index (χ3n) is 4.45. The van der Waals surface area contributed by atoms with Gasteiger partial charge < -0.3 is 41.3 Å². The maximum absolute atomic E-state index is 9.55. The molecule has 14 N–H and O–H groups in total. The summed E-state index contributed by atoms with van der Waals surface area (Å²) in [6, 6.07) is 20.7. The van der Waals surface area contributed by atoms with E-state index in [9.17, 15) is 28.8 Å². The molecular formula is C30H42N6O12. The number of para-hydroxylation sites is 2. The second-order valence-corrected chi connectivity index (χ2v) is 8.66. The third-order valence-corrected chi connectivity index (χ3v) is 4.45. The number of aliphatic carboxylic acids is 6. The van der Waals surface area contributed by atoms with E-state index in [0.29, 0.717) is 36.5 Å². The minimum absolute atomic E-state index is 0.283. The number of hydrazine groups is 2. The fourth-order valence-corrected chi connectivity index (χ4v) is 2.20. The van der Waals surface area contributed by atoms with Gasteiger partial charge in [-0.2, -0.15) is 0 Å². The minimum Gasteiger partial charge on any atom is -0.478 e. The number of nitrogens with two attached hydrogens (primary N) is 2. The molecule has 18 heteroatoms. The van der Waals surface area contributed by atoms with Crippen LogP contribution in [0.4, 0.5) is 11.4 Å². The maximum Gasteiger partial charge on any atom is 0.328 e. The van der Waals surface area contributed by atoms with Gasteiger partial charge in [0.25, 0.3) is 0 Å². The van der Waals surface area contributed by atoms with Crippen molar-refractivity contribution < 1.29 is 59.4 Å². The number of carbonyl (C=O) groups is 6. The van der Waals surface area contributed by atoms with E-state index in [-0.39, 0.29) is 12.1 Å². The van der Waals surface area contributed by atoms with Gasteiger partial charge in [-0.1, -0.05) is 36.4 Å². The van der Waals surface area contributed by atoms with Crippen molar-refractivity contribution in [1.82, 2.24) is 10.9 Å². The maximum atomic E-state index is 9.55. The van der Waals surface area contributed by atoms with Gasteiger partial charge in [-0.25, -0.2) is 28.8 Å². The standard InChI is InChI=1S/2C9H15N3.3C4H4O4/c2*1-8(12-10)7-11-9-5-3-2-4-6-9;3*5-3(6)1-2-4(7)8/h2*2-6,8,11-12H,7,10H2,1H3;3*1-2H,(H,5,6)(H,7,8)/b;;3*2-1-. The first-order valence-electron chi connectivity index (χ1n) is 13.5. The van der Waals surface area contributed by atoms with Gasteiger partial charge in [-0.05, 0) is 38.1 Å². The van der Waals surface area contributed by atoms with E-state index in [2.05, 4.69) is 21.5 Å². The second kappa shape index (κ2) is 30.9. The Morgan fingerprint density at radius 2 is 0.708 bits per heavy atom. The van der Waals surface area contributed by atoms with Crippen LogP contribution in [0, 0.1) is 0 Å². The zero-order chi connectivity index (χ0) is 37.3. The Kier molecular flexibility index (Phi) is 29.9. The molecule has 2 aromatic carbocycles. The van der Waals surface area contributed by atoms with Gasteiger partial charge in [0.15, 0.2) is 0 Å². The van der Waals surface area contributed by atoms with Crippen LogP contribution in [0.15, 0.2) is 97.1 Å². The first kappa shape index (κ1) is 46.3. The lowest BCUT2D eigenvalue weighted by molar-refractivity contribution is -0.134. The average Bonchev–Trinajstić information content (AvgIpc) is 3.05. The zero-order valence-electron chi connectivity index (χ0n) is 26.1. The molecule has 0 radical (unpaired) electrons. The van der Waals surface area contributed by atoms with Crippen LogP contribution in [0.25, 0.3) is 0 Å². The minimum atomic E-state index is -1.26. The first-order chi connectivity index (χ1) is 22.5. The number of rotatable bonds is 14. The zero-order valence-corrected chi connectivity index (χ0v) is 26.1. The van der Waals surface area contributed by atoms with Gasteiger partial charge in [0.05, 0.1) is 0 Å². The summed E-state index contributed by atoms with van der Waals surface area (Å²) in [5.41, 5.74) is 7.59. The lowest BCUT2D eigenvalue weighted by Crippen LogP contribution is -2.37. The predicted molar refractivity (Wildman–Crippen MR) is 177 cm³/mol. The number of hydrogen-bond donors (Lipinski definition) is 12. The highest BCUT2D eigenvalue weighted by atomic mass is 16.4. The van der Waals surface area contributed by atoms with Crippen molar-refractivity contribution in [1.29, 1.82) is 0 Å². The molecule has 0 aliphatic rings. The molecule has 2 atom stereocenters. The van der Waals surface area contributed by atoms with Crippen LogP contribution < -0.4 is 33.2 Å². The Bertz CT molecular complexity index is 1130. The molecule has 0 amide bonds. The number of carboxylic acid groups (broad SMARTS) is 6. The Morgan fingerprint density at radius 3 is 0.875 bits per heavy atom. The van der Waals surface area contributed by atoms with Gasteiger partial charge in [0.2, 0.25) is 0 Å². The quantitative estimate of drug-likeness (QED) is 0.0754. The van der Waals surface area contributed by atoms with Gasteiger partial charge in [-0.15, -0.1) is 0 Å². The van der Waals surface area contributed by atoms with Crippen LogP contribution in [-0.4, -0.2) is 91.6 Å². The van der Waals surface area contributed by atoms with Gasteiger partial charge >= 0.3 is 35.8 Å². The normalized spacial score (nSPS) is 11.0. The van der Waals surface area contributed by atoms with Crippen LogP contribution in [0.3, 0.4) is 0 Å².